The van der Waals surface area contributed by atoms with Gasteiger partial charge in [-0.25, -0.2) is 4.98 Å². The quantitative estimate of drug-likeness (QED) is 0.697. The SMILES string of the molecule is CC.COc1cc(C)cnc1N. The molecule has 0 spiro atoms. The normalized spacial score (nSPS) is 8.33. The number of pyridine rings is 1. The fraction of sp³-hybridized carbons (Fsp3) is 0.444. The van der Waals surface area contributed by atoms with Crippen LogP contribution in [0.25, 0.3) is 0 Å². The van der Waals surface area contributed by atoms with Gasteiger partial charge in [0, 0.05) is 6.20 Å². The van der Waals surface area contributed by atoms with Crippen LogP contribution in [0.4, 0.5) is 5.82 Å². The van der Waals surface area contributed by atoms with Crippen molar-refractivity contribution in [1.29, 1.82) is 0 Å². The Labute approximate surface area is 73.6 Å². The summed E-state index contributed by atoms with van der Waals surface area (Å²) in [6, 6.07) is 1.85. The van der Waals surface area contributed by atoms with Crippen LogP contribution in [0, 0.1) is 6.92 Å². The van der Waals surface area contributed by atoms with Crippen LogP contribution in [-0.2, 0) is 0 Å². The highest BCUT2D eigenvalue weighted by Crippen LogP contribution is 2.17. The molecule has 0 atom stereocenters. The topological polar surface area (TPSA) is 48.1 Å². The molecule has 0 bridgehead atoms. The minimum Gasteiger partial charge on any atom is -0.493 e. The van der Waals surface area contributed by atoms with Crippen LogP contribution < -0.4 is 10.5 Å². The maximum Gasteiger partial charge on any atom is 0.166 e. The molecule has 1 rings (SSSR count). The van der Waals surface area contributed by atoms with Gasteiger partial charge < -0.3 is 10.5 Å². The van der Waals surface area contributed by atoms with Gasteiger partial charge in [-0.15, -0.1) is 0 Å². The van der Waals surface area contributed by atoms with Gasteiger partial charge >= 0.3 is 0 Å². The highest BCUT2D eigenvalue weighted by molar-refractivity contribution is 5.46. The van der Waals surface area contributed by atoms with Crippen molar-refractivity contribution in [2.24, 2.45) is 0 Å². The number of aromatic nitrogens is 1. The monoisotopic (exact) mass is 168 g/mol. The highest BCUT2D eigenvalue weighted by Gasteiger charge is 1.97. The minimum absolute atomic E-state index is 0.438. The zero-order valence-corrected chi connectivity index (χ0v) is 8.09. The summed E-state index contributed by atoms with van der Waals surface area (Å²) in [5.74, 6) is 1.08. The van der Waals surface area contributed by atoms with E-state index in [1.165, 1.54) is 0 Å². The largest absolute Gasteiger partial charge is 0.493 e. The first-order chi connectivity index (χ1) is 5.74. The second-order valence-electron chi connectivity index (χ2n) is 2.10. The molecule has 68 valence electrons. The summed E-state index contributed by atoms with van der Waals surface area (Å²) < 4.78 is 4.94. The molecular formula is C9H16N2O. The van der Waals surface area contributed by atoms with E-state index in [2.05, 4.69) is 4.98 Å². The number of rotatable bonds is 1. The fourth-order valence-electron chi connectivity index (χ4n) is 0.716. The first kappa shape index (κ1) is 10.8. The Morgan fingerprint density at radius 2 is 2.00 bits per heavy atom. The molecule has 1 aromatic rings. The number of anilines is 1. The molecule has 12 heavy (non-hydrogen) atoms. The van der Waals surface area contributed by atoms with Crippen LogP contribution in [0.2, 0.25) is 0 Å². The summed E-state index contributed by atoms with van der Waals surface area (Å²) >= 11 is 0. The van der Waals surface area contributed by atoms with Gasteiger partial charge in [-0.2, -0.15) is 0 Å². The minimum atomic E-state index is 0.438. The zero-order valence-electron chi connectivity index (χ0n) is 8.09. The van der Waals surface area contributed by atoms with Gasteiger partial charge in [0.1, 0.15) is 0 Å². The molecule has 3 heteroatoms. The van der Waals surface area contributed by atoms with Gasteiger partial charge in [0.15, 0.2) is 11.6 Å². The molecule has 0 saturated carbocycles. The Morgan fingerprint density at radius 3 is 2.42 bits per heavy atom. The molecule has 0 amide bonds. The number of nitrogens with zero attached hydrogens (tertiary/aromatic N) is 1. The van der Waals surface area contributed by atoms with E-state index in [0.29, 0.717) is 11.6 Å². The van der Waals surface area contributed by atoms with Crippen molar-refractivity contribution >= 4 is 5.82 Å². The lowest BCUT2D eigenvalue weighted by Crippen LogP contribution is -1.95. The van der Waals surface area contributed by atoms with Crippen molar-refractivity contribution in [2.45, 2.75) is 20.8 Å². The van der Waals surface area contributed by atoms with Gasteiger partial charge in [-0.3, -0.25) is 0 Å². The van der Waals surface area contributed by atoms with Gasteiger partial charge in [0.2, 0.25) is 0 Å². The lowest BCUT2D eigenvalue weighted by Gasteiger charge is -2.02. The van der Waals surface area contributed by atoms with E-state index in [-0.39, 0.29) is 0 Å². The molecule has 0 unspecified atom stereocenters. The smallest absolute Gasteiger partial charge is 0.166 e. The predicted octanol–water partition coefficient (Wildman–Crippen LogP) is 2.01. The number of nitrogen functional groups attached to an aromatic ring is 1. The number of ether oxygens (including phenoxy) is 1. The lowest BCUT2D eigenvalue weighted by molar-refractivity contribution is 0.415. The van der Waals surface area contributed by atoms with Crippen molar-refractivity contribution in [1.82, 2.24) is 4.98 Å². The molecule has 0 aliphatic carbocycles. The van der Waals surface area contributed by atoms with E-state index >= 15 is 0 Å². The van der Waals surface area contributed by atoms with Gasteiger partial charge in [-0.05, 0) is 18.6 Å². The third-order valence-electron chi connectivity index (χ3n) is 1.24. The molecule has 0 aliphatic rings. The van der Waals surface area contributed by atoms with Gasteiger partial charge in [-0.1, -0.05) is 13.8 Å². The summed E-state index contributed by atoms with van der Waals surface area (Å²) in [5.41, 5.74) is 6.51. The Balaban J connectivity index is 0.000000561. The van der Waals surface area contributed by atoms with Crippen LogP contribution in [0.1, 0.15) is 19.4 Å². The van der Waals surface area contributed by atoms with E-state index in [9.17, 15) is 0 Å². The third-order valence-corrected chi connectivity index (χ3v) is 1.24. The number of methoxy groups -OCH3 is 1. The van der Waals surface area contributed by atoms with Crippen molar-refractivity contribution in [3.05, 3.63) is 17.8 Å². The lowest BCUT2D eigenvalue weighted by atomic mass is 10.3. The number of hydrogen-bond acceptors (Lipinski definition) is 3. The highest BCUT2D eigenvalue weighted by atomic mass is 16.5. The van der Waals surface area contributed by atoms with E-state index in [1.54, 1.807) is 13.3 Å². The summed E-state index contributed by atoms with van der Waals surface area (Å²) in [5, 5.41) is 0. The predicted molar refractivity (Wildman–Crippen MR) is 51.3 cm³/mol. The van der Waals surface area contributed by atoms with Crippen LogP contribution >= 0.6 is 0 Å². The maximum absolute atomic E-state index is 5.46. The fourth-order valence-corrected chi connectivity index (χ4v) is 0.716. The molecule has 0 radical (unpaired) electrons. The summed E-state index contributed by atoms with van der Waals surface area (Å²) in [7, 11) is 1.58. The second kappa shape index (κ2) is 5.41. The van der Waals surface area contributed by atoms with Crippen molar-refractivity contribution in [3.8, 4) is 5.75 Å². The first-order valence-electron chi connectivity index (χ1n) is 4.00. The van der Waals surface area contributed by atoms with E-state index in [1.807, 2.05) is 26.8 Å². The molecule has 2 N–H and O–H groups in total. The molecule has 0 saturated heterocycles. The molecule has 3 nitrogen and oxygen atoms in total. The molecule has 1 aromatic heterocycles. The van der Waals surface area contributed by atoms with Crippen molar-refractivity contribution < 1.29 is 4.74 Å². The average molecular weight is 168 g/mol. The van der Waals surface area contributed by atoms with E-state index < -0.39 is 0 Å². The molecular weight excluding hydrogens is 152 g/mol. The zero-order chi connectivity index (χ0) is 9.56. The molecule has 0 fully saturated rings. The summed E-state index contributed by atoms with van der Waals surface area (Å²) in [6.45, 7) is 5.94. The van der Waals surface area contributed by atoms with Crippen LogP contribution in [-0.4, -0.2) is 12.1 Å². The molecule has 0 aliphatic heterocycles. The Kier molecular flexibility index (Phi) is 4.84. The van der Waals surface area contributed by atoms with Crippen molar-refractivity contribution in [3.63, 3.8) is 0 Å². The Bertz CT molecular complexity index is 236. The van der Waals surface area contributed by atoms with Crippen LogP contribution in [0.3, 0.4) is 0 Å². The number of hydrogen-bond donors (Lipinski definition) is 1. The maximum atomic E-state index is 5.46. The summed E-state index contributed by atoms with van der Waals surface area (Å²) in [4.78, 5) is 3.90. The van der Waals surface area contributed by atoms with Crippen LogP contribution in [0.5, 0.6) is 5.75 Å². The molecule has 1 heterocycles. The van der Waals surface area contributed by atoms with E-state index in [4.69, 9.17) is 10.5 Å². The molecule has 0 aromatic carbocycles. The van der Waals surface area contributed by atoms with Gasteiger partial charge in [0.05, 0.1) is 7.11 Å². The average Bonchev–Trinajstić information content (AvgIpc) is 2.13. The number of nitrogens with two attached hydrogens (primary N) is 1. The van der Waals surface area contributed by atoms with Crippen molar-refractivity contribution in [2.75, 3.05) is 12.8 Å². The first-order valence-corrected chi connectivity index (χ1v) is 4.00. The Morgan fingerprint density at radius 1 is 1.42 bits per heavy atom. The van der Waals surface area contributed by atoms with E-state index in [0.717, 1.165) is 5.56 Å². The summed E-state index contributed by atoms with van der Waals surface area (Å²) in [6.07, 6.45) is 1.71. The van der Waals surface area contributed by atoms with Gasteiger partial charge in [0.25, 0.3) is 0 Å². The second-order valence-corrected chi connectivity index (χ2v) is 2.10. The third kappa shape index (κ3) is 2.78. The Hall–Kier alpha value is -1.25. The van der Waals surface area contributed by atoms with Crippen LogP contribution in [0.15, 0.2) is 12.3 Å². The number of aryl methyl sites for hydroxylation is 1. The standard InChI is InChI=1S/C7H10N2O.C2H6/c1-5-3-6(10-2)7(8)9-4-5;1-2/h3-4H,1-2H3,(H2,8,9);1-2H3.